The number of nitrogens with one attached hydrogen (secondary N) is 1. The van der Waals surface area contributed by atoms with Gasteiger partial charge in [0.25, 0.3) is 0 Å². The van der Waals surface area contributed by atoms with Crippen molar-refractivity contribution in [2.45, 2.75) is 19.4 Å². The zero-order chi connectivity index (χ0) is 13.7. The summed E-state index contributed by atoms with van der Waals surface area (Å²) < 4.78 is 1.93. The molecule has 2 aromatic heterocycles. The smallest absolute Gasteiger partial charge is 0.227 e. The number of hydrogen-bond acceptors (Lipinski definition) is 4. The number of amides is 2. The molecule has 2 rings (SSSR count). The minimum Gasteiger partial charge on any atom is -0.369 e. The Labute approximate surface area is 114 Å². The van der Waals surface area contributed by atoms with Gasteiger partial charge in [-0.15, -0.1) is 11.3 Å². The lowest BCUT2D eigenvalue weighted by atomic mass is 10.3. The maximum Gasteiger partial charge on any atom is 0.227 e. The fourth-order valence-corrected chi connectivity index (χ4v) is 2.28. The molecule has 2 heterocycles. The van der Waals surface area contributed by atoms with E-state index in [4.69, 9.17) is 5.73 Å². The Bertz CT molecular complexity index is 562. The Morgan fingerprint density at radius 2 is 2.11 bits per heavy atom. The van der Waals surface area contributed by atoms with Gasteiger partial charge in [-0.1, -0.05) is 0 Å². The number of thiazole rings is 1. The van der Waals surface area contributed by atoms with Crippen LogP contribution in [0.3, 0.4) is 0 Å². The van der Waals surface area contributed by atoms with Crippen molar-refractivity contribution in [3.63, 3.8) is 0 Å². The van der Waals surface area contributed by atoms with E-state index in [-0.39, 0.29) is 12.3 Å². The van der Waals surface area contributed by atoms with Gasteiger partial charge in [0.15, 0.2) is 5.13 Å². The molecule has 0 aliphatic carbocycles. The predicted octanol–water partition coefficient (Wildman–Crippen LogP) is 1.00. The normalized spacial score (nSPS) is 10.3. The first-order chi connectivity index (χ1) is 9.13. The molecule has 2 aromatic rings. The number of carbonyl (C=O) groups excluding carboxylic acids is 2. The number of hydrogen-bond donors (Lipinski definition) is 2. The van der Waals surface area contributed by atoms with Gasteiger partial charge in [-0.05, 0) is 12.1 Å². The third-order valence-corrected chi connectivity index (χ3v) is 3.22. The van der Waals surface area contributed by atoms with Gasteiger partial charge >= 0.3 is 0 Å². The maximum absolute atomic E-state index is 11.7. The molecule has 0 saturated carbocycles. The number of nitrogens with two attached hydrogens (primary N) is 1. The van der Waals surface area contributed by atoms with Gasteiger partial charge in [0.05, 0.1) is 12.1 Å². The van der Waals surface area contributed by atoms with E-state index in [0.717, 1.165) is 0 Å². The van der Waals surface area contributed by atoms with Crippen molar-refractivity contribution in [2.24, 2.45) is 5.73 Å². The van der Waals surface area contributed by atoms with Crippen LogP contribution in [0.2, 0.25) is 0 Å². The van der Waals surface area contributed by atoms with Crippen molar-refractivity contribution in [1.82, 2.24) is 9.55 Å². The molecule has 0 saturated heterocycles. The molecule has 0 bridgehead atoms. The highest BCUT2D eigenvalue weighted by Crippen LogP contribution is 2.15. The second-order valence-corrected chi connectivity index (χ2v) is 4.86. The predicted molar refractivity (Wildman–Crippen MR) is 72.7 cm³/mol. The molecule has 100 valence electrons. The van der Waals surface area contributed by atoms with E-state index in [2.05, 4.69) is 10.3 Å². The Hall–Kier alpha value is -2.15. The average Bonchev–Trinajstić information content (AvgIpc) is 2.97. The van der Waals surface area contributed by atoms with Gasteiger partial charge in [0, 0.05) is 30.7 Å². The van der Waals surface area contributed by atoms with Crippen molar-refractivity contribution < 1.29 is 9.59 Å². The molecular weight excluding hydrogens is 264 g/mol. The highest BCUT2D eigenvalue weighted by atomic mass is 32.1. The first kappa shape index (κ1) is 13.3. The van der Waals surface area contributed by atoms with Crippen LogP contribution in [-0.2, 0) is 22.6 Å². The molecule has 0 atom stereocenters. The van der Waals surface area contributed by atoms with Crippen molar-refractivity contribution in [2.75, 3.05) is 5.32 Å². The van der Waals surface area contributed by atoms with Gasteiger partial charge in [0.2, 0.25) is 11.8 Å². The van der Waals surface area contributed by atoms with Crippen LogP contribution >= 0.6 is 11.3 Å². The first-order valence-electron chi connectivity index (χ1n) is 5.77. The Morgan fingerprint density at radius 3 is 2.79 bits per heavy atom. The summed E-state index contributed by atoms with van der Waals surface area (Å²) >= 11 is 1.29. The zero-order valence-corrected chi connectivity index (χ0v) is 11.0. The molecule has 0 aromatic carbocycles. The molecule has 19 heavy (non-hydrogen) atoms. The monoisotopic (exact) mass is 278 g/mol. The Kier molecular flexibility index (Phi) is 4.30. The number of carbonyl (C=O) groups is 2. The summed E-state index contributed by atoms with van der Waals surface area (Å²) in [6, 6.07) is 3.82. The van der Waals surface area contributed by atoms with Gasteiger partial charge in [-0.2, -0.15) is 0 Å². The van der Waals surface area contributed by atoms with Crippen LogP contribution in [0.15, 0.2) is 29.9 Å². The number of nitrogens with zero attached hydrogens (tertiary/aromatic N) is 2. The third-order valence-electron chi connectivity index (χ3n) is 2.42. The maximum atomic E-state index is 11.7. The number of aryl methyl sites for hydroxylation is 1. The summed E-state index contributed by atoms with van der Waals surface area (Å²) in [5.74, 6) is -0.538. The fraction of sp³-hybridized carbons (Fsp3) is 0.250. The van der Waals surface area contributed by atoms with Crippen LogP contribution < -0.4 is 11.1 Å². The number of anilines is 1. The van der Waals surface area contributed by atoms with Crippen LogP contribution in [0.1, 0.15) is 12.1 Å². The van der Waals surface area contributed by atoms with E-state index in [1.165, 1.54) is 11.3 Å². The average molecular weight is 278 g/mol. The van der Waals surface area contributed by atoms with Gasteiger partial charge in [-0.3, -0.25) is 9.59 Å². The summed E-state index contributed by atoms with van der Waals surface area (Å²) in [6.45, 7) is 0.623. The lowest BCUT2D eigenvalue weighted by Crippen LogP contribution is -2.15. The molecule has 0 aliphatic heterocycles. The molecule has 0 spiro atoms. The van der Waals surface area contributed by atoms with Crippen molar-refractivity contribution in [3.8, 4) is 0 Å². The molecule has 6 nitrogen and oxygen atoms in total. The number of rotatable bonds is 6. The summed E-state index contributed by atoms with van der Waals surface area (Å²) in [5.41, 5.74) is 5.65. The summed E-state index contributed by atoms with van der Waals surface area (Å²) in [5, 5.41) is 4.91. The van der Waals surface area contributed by atoms with E-state index >= 15 is 0 Å². The SMILES string of the molecule is NC(=O)Cc1csc(NC(=O)CCn2cccc2)n1. The largest absolute Gasteiger partial charge is 0.369 e. The number of primary amides is 1. The van der Waals surface area contributed by atoms with Crippen LogP contribution in [-0.4, -0.2) is 21.4 Å². The molecular formula is C12H14N4O2S. The molecule has 3 N–H and O–H groups in total. The lowest BCUT2D eigenvalue weighted by Gasteiger charge is -2.02. The van der Waals surface area contributed by atoms with Gasteiger partial charge < -0.3 is 15.6 Å². The molecule has 7 heteroatoms. The fourth-order valence-electron chi connectivity index (χ4n) is 1.56. The minimum atomic E-state index is -0.434. The van der Waals surface area contributed by atoms with E-state index in [1.807, 2.05) is 29.1 Å². The van der Waals surface area contributed by atoms with Crippen molar-refractivity contribution in [3.05, 3.63) is 35.6 Å². The summed E-state index contributed by atoms with van der Waals surface area (Å²) in [7, 11) is 0. The van der Waals surface area contributed by atoms with Gasteiger partial charge in [-0.25, -0.2) is 4.98 Å². The van der Waals surface area contributed by atoms with E-state index in [9.17, 15) is 9.59 Å². The molecule has 0 fully saturated rings. The molecule has 0 unspecified atom stereocenters. The second-order valence-electron chi connectivity index (χ2n) is 4.01. The quantitative estimate of drug-likeness (QED) is 0.826. The highest BCUT2D eigenvalue weighted by Gasteiger charge is 2.08. The number of aromatic nitrogens is 2. The first-order valence-corrected chi connectivity index (χ1v) is 6.65. The van der Waals surface area contributed by atoms with E-state index in [0.29, 0.717) is 23.8 Å². The highest BCUT2D eigenvalue weighted by molar-refractivity contribution is 7.13. The standard InChI is InChI=1S/C12H14N4O2S/c13-10(17)7-9-8-19-12(14-9)15-11(18)3-6-16-4-1-2-5-16/h1-2,4-5,8H,3,6-7H2,(H2,13,17)(H,14,15,18). The lowest BCUT2D eigenvalue weighted by molar-refractivity contribution is -0.117. The summed E-state index contributed by atoms with van der Waals surface area (Å²) in [6.07, 6.45) is 4.28. The van der Waals surface area contributed by atoms with Crippen molar-refractivity contribution >= 4 is 28.3 Å². The van der Waals surface area contributed by atoms with E-state index < -0.39 is 5.91 Å². The summed E-state index contributed by atoms with van der Waals surface area (Å²) in [4.78, 5) is 26.5. The van der Waals surface area contributed by atoms with Crippen LogP contribution in [0, 0.1) is 0 Å². The van der Waals surface area contributed by atoms with Crippen molar-refractivity contribution in [1.29, 1.82) is 0 Å². The zero-order valence-electron chi connectivity index (χ0n) is 10.2. The minimum absolute atomic E-state index is 0.0930. The molecule has 0 aliphatic rings. The Morgan fingerprint density at radius 1 is 1.37 bits per heavy atom. The van der Waals surface area contributed by atoms with Crippen LogP contribution in [0.5, 0.6) is 0 Å². The molecule has 0 radical (unpaired) electrons. The Balaban J connectivity index is 1.81. The third kappa shape index (κ3) is 4.22. The van der Waals surface area contributed by atoms with Gasteiger partial charge in [0.1, 0.15) is 0 Å². The topological polar surface area (TPSA) is 90.0 Å². The second kappa shape index (κ2) is 6.14. The molecule has 2 amide bonds. The van der Waals surface area contributed by atoms with E-state index in [1.54, 1.807) is 5.38 Å². The van der Waals surface area contributed by atoms with Crippen LogP contribution in [0.25, 0.3) is 0 Å². The van der Waals surface area contributed by atoms with Crippen LogP contribution in [0.4, 0.5) is 5.13 Å².